The third kappa shape index (κ3) is 5.58. The summed E-state index contributed by atoms with van der Waals surface area (Å²) in [7, 11) is 0. The van der Waals surface area contributed by atoms with E-state index in [1.54, 1.807) is 0 Å². The molecule has 0 heterocycles. The number of hydrogen-bond donors (Lipinski definition) is 1. The van der Waals surface area contributed by atoms with Crippen molar-refractivity contribution in [2.45, 2.75) is 19.6 Å². The molecule has 0 amide bonds. The lowest BCUT2D eigenvalue weighted by molar-refractivity contribution is -0.282. The first-order chi connectivity index (χ1) is 8.63. The van der Waals surface area contributed by atoms with Gasteiger partial charge in [-0.3, -0.25) is 0 Å². The molecule has 0 aromatic heterocycles. The molecule has 1 aromatic carbocycles. The maximum absolute atomic E-state index is 5.03. The SMILES string of the molecule is C=C(C)COOCNc1cc(CSC)ccc1C. The molecule has 3 nitrogen and oxygen atoms in total. The second-order valence-corrected chi connectivity index (χ2v) is 5.11. The number of anilines is 1. The maximum atomic E-state index is 5.03. The molecule has 0 aliphatic carbocycles. The smallest absolute Gasteiger partial charge is 0.152 e. The van der Waals surface area contributed by atoms with Gasteiger partial charge < -0.3 is 5.32 Å². The molecule has 18 heavy (non-hydrogen) atoms. The highest BCUT2D eigenvalue weighted by Gasteiger charge is 2.00. The summed E-state index contributed by atoms with van der Waals surface area (Å²) in [5.41, 5.74) is 4.52. The minimum absolute atomic E-state index is 0.330. The van der Waals surface area contributed by atoms with Crippen LogP contribution in [0.5, 0.6) is 0 Å². The largest absolute Gasteiger partial charge is 0.360 e. The summed E-state index contributed by atoms with van der Waals surface area (Å²) < 4.78 is 0. The lowest BCUT2D eigenvalue weighted by atomic mass is 10.1. The monoisotopic (exact) mass is 267 g/mol. The van der Waals surface area contributed by atoms with Crippen LogP contribution < -0.4 is 5.32 Å². The third-order valence-corrected chi connectivity index (χ3v) is 2.95. The van der Waals surface area contributed by atoms with Crippen molar-refractivity contribution in [3.63, 3.8) is 0 Å². The normalized spacial score (nSPS) is 10.4. The highest BCUT2D eigenvalue weighted by molar-refractivity contribution is 7.97. The van der Waals surface area contributed by atoms with Crippen LogP contribution in [0.15, 0.2) is 30.4 Å². The Morgan fingerprint density at radius 3 is 2.83 bits per heavy atom. The van der Waals surface area contributed by atoms with E-state index in [-0.39, 0.29) is 0 Å². The van der Waals surface area contributed by atoms with Crippen LogP contribution in [0, 0.1) is 6.92 Å². The molecule has 0 radical (unpaired) electrons. The summed E-state index contributed by atoms with van der Waals surface area (Å²) in [6.45, 7) is 8.45. The van der Waals surface area contributed by atoms with Crippen LogP contribution in [0.25, 0.3) is 0 Å². The first kappa shape index (κ1) is 15.1. The molecule has 100 valence electrons. The van der Waals surface area contributed by atoms with Gasteiger partial charge in [0.2, 0.25) is 0 Å². The molecule has 0 atom stereocenters. The number of thioether (sulfide) groups is 1. The number of aryl methyl sites for hydroxylation is 1. The molecule has 1 aromatic rings. The van der Waals surface area contributed by atoms with Gasteiger partial charge in [-0.15, -0.1) is 0 Å². The fourth-order valence-corrected chi connectivity index (χ4v) is 1.92. The van der Waals surface area contributed by atoms with E-state index < -0.39 is 0 Å². The first-order valence-electron chi connectivity index (χ1n) is 5.84. The molecule has 4 heteroatoms. The van der Waals surface area contributed by atoms with Gasteiger partial charge >= 0.3 is 0 Å². The van der Waals surface area contributed by atoms with Crippen molar-refractivity contribution < 1.29 is 9.78 Å². The van der Waals surface area contributed by atoms with E-state index in [4.69, 9.17) is 9.78 Å². The lowest BCUT2D eigenvalue weighted by Gasteiger charge is -2.11. The summed E-state index contributed by atoms with van der Waals surface area (Å²) in [4.78, 5) is 9.99. The zero-order chi connectivity index (χ0) is 13.4. The number of benzene rings is 1. The second-order valence-electron chi connectivity index (χ2n) is 4.24. The molecule has 0 saturated carbocycles. The average Bonchev–Trinajstić information content (AvgIpc) is 2.32. The predicted octanol–water partition coefficient (Wildman–Crippen LogP) is 3.75. The average molecular weight is 267 g/mol. The van der Waals surface area contributed by atoms with Crippen molar-refractivity contribution >= 4 is 17.4 Å². The van der Waals surface area contributed by atoms with Crippen molar-refractivity contribution in [2.24, 2.45) is 0 Å². The van der Waals surface area contributed by atoms with Crippen molar-refractivity contribution in [1.29, 1.82) is 0 Å². The fraction of sp³-hybridized carbons (Fsp3) is 0.429. The fourth-order valence-electron chi connectivity index (χ4n) is 1.41. The Morgan fingerprint density at radius 2 is 2.17 bits per heavy atom. The minimum atomic E-state index is 0.330. The summed E-state index contributed by atoms with van der Waals surface area (Å²) in [5, 5.41) is 3.20. The van der Waals surface area contributed by atoms with E-state index in [0.29, 0.717) is 13.3 Å². The number of hydrogen-bond acceptors (Lipinski definition) is 4. The Bertz CT molecular complexity index is 393. The van der Waals surface area contributed by atoms with Crippen LogP contribution in [-0.4, -0.2) is 19.6 Å². The lowest BCUT2D eigenvalue weighted by Crippen LogP contribution is -2.09. The Labute approximate surface area is 113 Å². The Morgan fingerprint density at radius 1 is 1.39 bits per heavy atom. The van der Waals surface area contributed by atoms with Crippen molar-refractivity contribution in [2.75, 3.05) is 24.9 Å². The molecule has 0 bridgehead atoms. The van der Waals surface area contributed by atoms with E-state index in [1.165, 1.54) is 11.1 Å². The Kier molecular flexibility index (Phi) is 6.86. The number of nitrogens with one attached hydrogen (secondary N) is 1. The summed E-state index contributed by atoms with van der Waals surface area (Å²) >= 11 is 1.81. The van der Waals surface area contributed by atoms with Crippen molar-refractivity contribution in [3.05, 3.63) is 41.5 Å². The second kappa shape index (κ2) is 8.19. The summed E-state index contributed by atoms with van der Waals surface area (Å²) in [5.74, 6) is 1.02. The molecule has 1 N–H and O–H groups in total. The van der Waals surface area contributed by atoms with E-state index in [1.807, 2.05) is 18.7 Å². The molecular weight excluding hydrogens is 246 g/mol. The van der Waals surface area contributed by atoms with Gasteiger partial charge in [0.05, 0.1) is 0 Å². The van der Waals surface area contributed by atoms with Crippen LogP contribution in [0.1, 0.15) is 18.1 Å². The molecule has 0 spiro atoms. The first-order valence-corrected chi connectivity index (χ1v) is 7.24. The van der Waals surface area contributed by atoms with Gasteiger partial charge in [0.1, 0.15) is 6.61 Å². The van der Waals surface area contributed by atoms with Crippen LogP contribution in [0.4, 0.5) is 5.69 Å². The predicted molar refractivity (Wildman–Crippen MR) is 78.7 cm³/mol. The zero-order valence-corrected chi connectivity index (χ0v) is 12.1. The molecular formula is C14H21NO2S. The van der Waals surface area contributed by atoms with Crippen molar-refractivity contribution in [3.8, 4) is 0 Å². The zero-order valence-electron chi connectivity index (χ0n) is 11.3. The van der Waals surface area contributed by atoms with Gasteiger partial charge in [0.25, 0.3) is 0 Å². The quantitative estimate of drug-likeness (QED) is 0.255. The van der Waals surface area contributed by atoms with Crippen molar-refractivity contribution in [1.82, 2.24) is 0 Å². The van der Waals surface area contributed by atoms with Crippen LogP contribution >= 0.6 is 11.8 Å². The maximum Gasteiger partial charge on any atom is 0.152 e. The highest BCUT2D eigenvalue weighted by Crippen LogP contribution is 2.19. The topological polar surface area (TPSA) is 30.5 Å². The summed E-state index contributed by atoms with van der Waals surface area (Å²) in [6, 6.07) is 6.41. The molecule has 0 saturated heterocycles. The molecule has 0 fully saturated rings. The van der Waals surface area contributed by atoms with Crippen LogP contribution in [0.2, 0.25) is 0 Å². The Hall–Kier alpha value is -0.970. The van der Waals surface area contributed by atoms with Gasteiger partial charge in [-0.2, -0.15) is 11.8 Å². The molecule has 0 aliphatic rings. The van der Waals surface area contributed by atoms with Crippen LogP contribution in [0.3, 0.4) is 0 Å². The minimum Gasteiger partial charge on any atom is -0.360 e. The van der Waals surface area contributed by atoms with E-state index in [9.17, 15) is 0 Å². The van der Waals surface area contributed by atoms with Gasteiger partial charge in [0, 0.05) is 11.4 Å². The van der Waals surface area contributed by atoms with Crippen LogP contribution in [-0.2, 0) is 15.5 Å². The van der Waals surface area contributed by atoms with Gasteiger partial charge in [-0.05, 0) is 37.3 Å². The third-order valence-electron chi connectivity index (χ3n) is 2.32. The molecule has 0 aliphatic heterocycles. The van der Waals surface area contributed by atoms with Gasteiger partial charge in [0.15, 0.2) is 6.73 Å². The standard InChI is InChI=1S/C14H21NO2S/c1-11(2)8-16-17-10-15-14-7-13(9-18-4)6-5-12(14)3/h5-7,15H,1,8-10H2,2-4H3. The van der Waals surface area contributed by atoms with Gasteiger partial charge in [-0.25, -0.2) is 9.78 Å². The molecule has 1 rings (SSSR count). The van der Waals surface area contributed by atoms with E-state index in [2.05, 4.69) is 43.3 Å². The highest BCUT2D eigenvalue weighted by atomic mass is 32.2. The van der Waals surface area contributed by atoms with E-state index in [0.717, 1.165) is 17.0 Å². The molecule has 0 unspecified atom stereocenters. The Balaban J connectivity index is 2.40. The van der Waals surface area contributed by atoms with E-state index >= 15 is 0 Å². The van der Waals surface area contributed by atoms with Gasteiger partial charge in [-0.1, -0.05) is 24.3 Å². The number of rotatable bonds is 8. The summed E-state index contributed by atoms with van der Waals surface area (Å²) in [6.07, 6.45) is 2.10.